The second-order valence-electron chi connectivity index (χ2n) is 12.1. The van der Waals surface area contributed by atoms with Crippen molar-refractivity contribution in [2.24, 2.45) is 7.05 Å². The van der Waals surface area contributed by atoms with Crippen LogP contribution < -0.4 is 10.5 Å². The number of aliphatic hydroxyl groups excluding tert-OH is 1. The van der Waals surface area contributed by atoms with E-state index in [0.29, 0.717) is 40.9 Å². The zero-order chi connectivity index (χ0) is 29.8. The molecule has 4 aromatic rings. The number of anilines is 1. The number of rotatable bonds is 5. The van der Waals surface area contributed by atoms with Gasteiger partial charge in [-0.15, -0.1) is 11.3 Å². The number of hydrogen-bond acceptors (Lipinski definition) is 6. The molecule has 3 aromatic heterocycles. The third-order valence-corrected chi connectivity index (χ3v) is 10.5. The third-order valence-electron chi connectivity index (χ3n) is 9.18. The lowest BCUT2D eigenvalue weighted by Crippen LogP contribution is -2.37. The molecule has 7 rings (SSSR count). The van der Waals surface area contributed by atoms with Crippen molar-refractivity contribution in [3.63, 3.8) is 0 Å². The van der Waals surface area contributed by atoms with Crippen LogP contribution in [0.5, 0.6) is 0 Å². The highest BCUT2D eigenvalue weighted by Crippen LogP contribution is 2.41. The normalized spacial score (nSPS) is 16.7. The predicted molar refractivity (Wildman–Crippen MR) is 166 cm³/mol. The number of nitrogens with zero attached hydrogens (tertiary/aromatic N) is 4. The summed E-state index contributed by atoms with van der Waals surface area (Å²) >= 11 is 1.58. The van der Waals surface area contributed by atoms with Gasteiger partial charge >= 0.3 is 0 Å². The highest BCUT2D eigenvalue weighted by Gasteiger charge is 2.33. The Morgan fingerprint density at radius 2 is 1.84 bits per heavy atom. The average Bonchev–Trinajstić information content (AvgIpc) is 3.39. The monoisotopic (exact) mass is 598 g/mol. The summed E-state index contributed by atoms with van der Waals surface area (Å²) in [4.78, 5) is 37.9. The van der Waals surface area contributed by atoms with E-state index in [2.05, 4.69) is 18.0 Å². The van der Waals surface area contributed by atoms with E-state index in [4.69, 9.17) is 4.98 Å². The number of halogens is 1. The number of aryl methyl sites for hydroxylation is 2. The minimum atomic E-state index is -0.497. The minimum Gasteiger partial charge on any atom is -0.392 e. The van der Waals surface area contributed by atoms with Gasteiger partial charge in [-0.05, 0) is 91.2 Å². The van der Waals surface area contributed by atoms with E-state index in [0.717, 1.165) is 73.4 Å². The van der Waals surface area contributed by atoms with Crippen molar-refractivity contribution in [2.45, 2.75) is 58.1 Å². The molecule has 1 N–H and O–H groups in total. The molecule has 0 radical (unpaired) electrons. The molecule has 7 nitrogen and oxygen atoms in total. The number of likely N-dealkylation sites (N-methyl/N-ethyl adjacent to an activating group) is 1. The lowest BCUT2D eigenvalue weighted by atomic mass is 9.91. The van der Waals surface area contributed by atoms with Gasteiger partial charge < -0.3 is 19.5 Å². The molecule has 3 aliphatic rings. The van der Waals surface area contributed by atoms with Crippen LogP contribution in [-0.4, -0.2) is 45.6 Å². The van der Waals surface area contributed by atoms with Crippen molar-refractivity contribution >= 4 is 22.9 Å². The molecule has 0 saturated heterocycles. The van der Waals surface area contributed by atoms with Gasteiger partial charge in [0.15, 0.2) is 0 Å². The standard InChI is InChI=1S/C34H35FN4O3S/c1-37-11-10-29-20(17-37)7-8-24(36-29)14-21-13-22(18-38(2)33(21)41)27-15-23(35)16-30(28(27)19-40)39-12-9-26-25-5-3-4-6-31(25)43-32(26)34(39)42/h7-8,13,15-16,18,40H,3-6,9-12,14,17,19H2,1-2H3. The number of fused-ring (bicyclic) bond motifs is 4. The number of thiophene rings is 1. The van der Waals surface area contributed by atoms with E-state index in [1.165, 1.54) is 32.7 Å². The van der Waals surface area contributed by atoms with E-state index in [1.807, 2.05) is 6.07 Å². The van der Waals surface area contributed by atoms with E-state index in [1.54, 1.807) is 35.5 Å². The molecule has 9 heteroatoms. The molecule has 0 unspecified atom stereocenters. The fourth-order valence-electron chi connectivity index (χ4n) is 6.98. The van der Waals surface area contributed by atoms with Crippen LogP contribution in [0.15, 0.2) is 41.3 Å². The summed E-state index contributed by atoms with van der Waals surface area (Å²) in [6, 6.07) is 8.58. The van der Waals surface area contributed by atoms with Crippen LogP contribution in [0.2, 0.25) is 0 Å². The first-order valence-corrected chi connectivity index (χ1v) is 15.9. The number of benzene rings is 1. The summed E-state index contributed by atoms with van der Waals surface area (Å²) in [7, 11) is 3.77. The Hall–Kier alpha value is -3.66. The number of aromatic nitrogens is 2. The maximum absolute atomic E-state index is 15.3. The van der Waals surface area contributed by atoms with E-state index < -0.39 is 5.82 Å². The van der Waals surface area contributed by atoms with Gasteiger partial charge in [0.2, 0.25) is 0 Å². The number of aliphatic hydroxyl groups is 1. The number of carbonyl (C=O) groups excluding carboxylic acids is 1. The largest absolute Gasteiger partial charge is 0.392 e. The van der Waals surface area contributed by atoms with Crippen molar-refractivity contribution in [3.8, 4) is 11.1 Å². The molecule has 0 saturated carbocycles. The van der Waals surface area contributed by atoms with Crippen molar-refractivity contribution in [2.75, 3.05) is 25.0 Å². The number of hydrogen-bond donors (Lipinski definition) is 1. The molecule has 43 heavy (non-hydrogen) atoms. The molecule has 0 spiro atoms. The summed E-state index contributed by atoms with van der Waals surface area (Å²) in [5.41, 5.74) is 7.93. The minimum absolute atomic E-state index is 0.127. The number of amides is 1. The zero-order valence-electron chi connectivity index (χ0n) is 24.6. The summed E-state index contributed by atoms with van der Waals surface area (Å²) in [5.74, 6) is -0.624. The van der Waals surface area contributed by atoms with E-state index in [-0.39, 0.29) is 18.1 Å². The molecule has 222 valence electrons. The van der Waals surface area contributed by atoms with Crippen LogP contribution in [0, 0.1) is 5.82 Å². The lowest BCUT2D eigenvalue weighted by molar-refractivity contribution is 0.0984. The third kappa shape index (κ3) is 5.03. The molecular weight excluding hydrogens is 563 g/mol. The van der Waals surface area contributed by atoms with Gasteiger partial charge in [-0.2, -0.15) is 0 Å². The van der Waals surface area contributed by atoms with Gasteiger partial charge in [-0.25, -0.2) is 4.39 Å². The topological polar surface area (TPSA) is 78.7 Å². The molecule has 0 fully saturated rings. The second kappa shape index (κ2) is 11.1. The van der Waals surface area contributed by atoms with Crippen LogP contribution in [0.4, 0.5) is 10.1 Å². The van der Waals surface area contributed by atoms with Crippen LogP contribution >= 0.6 is 11.3 Å². The summed E-state index contributed by atoms with van der Waals surface area (Å²) in [5, 5.41) is 10.6. The molecule has 0 bridgehead atoms. The maximum Gasteiger partial charge on any atom is 0.268 e. The molecule has 0 atom stereocenters. The van der Waals surface area contributed by atoms with E-state index >= 15 is 4.39 Å². The second-order valence-corrected chi connectivity index (χ2v) is 13.2. The zero-order valence-corrected chi connectivity index (χ0v) is 25.4. The fraction of sp³-hybridized carbons (Fsp3) is 0.382. The van der Waals surface area contributed by atoms with Gasteiger partial charge in [0.05, 0.1) is 17.2 Å². The Morgan fingerprint density at radius 3 is 2.67 bits per heavy atom. The van der Waals surface area contributed by atoms with E-state index in [9.17, 15) is 14.7 Å². The summed E-state index contributed by atoms with van der Waals surface area (Å²) in [6.45, 7) is 1.87. The van der Waals surface area contributed by atoms with Crippen molar-refractivity contribution in [1.82, 2.24) is 14.5 Å². The van der Waals surface area contributed by atoms with Crippen LogP contribution in [-0.2, 0) is 52.3 Å². The quantitative estimate of drug-likeness (QED) is 0.357. The van der Waals surface area contributed by atoms with Crippen LogP contribution in [0.3, 0.4) is 0 Å². The molecule has 5 heterocycles. The molecule has 1 amide bonds. The molecule has 1 aliphatic carbocycles. The van der Waals surface area contributed by atoms with Crippen molar-refractivity contribution in [3.05, 3.63) is 102 Å². The SMILES string of the molecule is CN1CCc2nc(Cc3cc(-c4cc(F)cc(N5CCc6c(sc7c6CCCC7)C5=O)c4CO)cn(C)c3=O)ccc2C1. The first kappa shape index (κ1) is 28.1. The van der Waals surface area contributed by atoms with Crippen molar-refractivity contribution in [1.29, 1.82) is 0 Å². The predicted octanol–water partition coefficient (Wildman–Crippen LogP) is 4.80. The molecule has 2 aliphatic heterocycles. The van der Waals surface area contributed by atoms with Gasteiger partial charge in [0.1, 0.15) is 5.82 Å². The average molecular weight is 599 g/mol. The van der Waals surface area contributed by atoms with Gasteiger partial charge in [-0.1, -0.05) is 6.07 Å². The fourth-order valence-corrected chi connectivity index (χ4v) is 8.37. The summed E-state index contributed by atoms with van der Waals surface area (Å²) < 4.78 is 16.8. The van der Waals surface area contributed by atoms with Gasteiger partial charge in [0.25, 0.3) is 11.5 Å². The Morgan fingerprint density at radius 1 is 1.00 bits per heavy atom. The molecular formula is C34H35FN4O3S. The lowest BCUT2D eigenvalue weighted by Gasteiger charge is -2.30. The van der Waals surface area contributed by atoms with Crippen molar-refractivity contribution < 1.29 is 14.3 Å². The first-order valence-electron chi connectivity index (χ1n) is 15.1. The molecule has 1 aromatic carbocycles. The van der Waals surface area contributed by atoms with Crippen LogP contribution in [0.25, 0.3) is 11.1 Å². The summed E-state index contributed by atoms with van der Waals surface area (Å²) in [6.07, 6.45) is 7.94. The number of pyridine rings is 2. The first-order chi connectivity index (χ1) is 20.8. The van der Waals surface area contributed by atoms with Crippen LogP contribution in [0.1, 0.15) is 66.6 Å². The smallest absolute Gasteiger partial charge is 0.268 e. The Bertz CT molecular complexity index is 1830. The maximum atomic E-state index is 15.3. The highest BCUT2D eigenvalue weighted by molar-refractivity contribution is 7.14. The highest BCUT2D eigenvalue weighted by atomic mass is 32.1. The Balaban J connectivity index is 1.26. The Labute approximate surface area is 254 Å². The Kier molecular flexibility index (Phi) is 7.27. The number of carbonyl (C=O) groups is 1. The van der Waals surface area contributed by atoms with Gasteiger partial charge in [0, 0.05) is 73.1 Å². The van der Waals surface area contributed by atoms with Gasteiger partial charge in [-0.3, -0.25) is 14.6 Å².